The van der Waals surface area contributed by atoms with Gasteiger partial charge < -0.3 is 15.4 Å². The highest BCUT2D eigenvalue weighted by atomic mass is 127. The molecule has 0 unspecified atom stereocenters. The van der Waals surface area contributed by atoms with Crippen molar-refractivity contribution in [3.63, 3.8) is 0 Å². The van der Waals surface area contributed by atoms with Crippen molar-refractivity contribution < 1.29 is 4.74 Å². The van der Waals surface area contributed by atoms with E-state index in [1.165, 1.54) is 5.56 Å². The van der Waals surface area contributed by atoms with Crippen LogP contribution in [0.3, 0.4) is 0 Å². The lowest BCUT2D eigenvalue weighted by Crippen LogP contribution is -2.42. The molecule has 6 heteroatoms. The van der Waals surface area contributed by atoms with E-state index in [-0.39, 0.29) is 24.0 Å². The van der Waals surface area contributed by atoms with Crippen molar-refractivity contribution in [2.45, 2.75) is 19.4 Å². The normalized spacial score (nSPS) is 15.5. The fourth-order valence-electron chi connectivity index (χ4n) is 2.17. The Hall–Kier alpha value is -0.470. The molecule has 124 valence electrons. The van der Waals surface area contributed by atoms with Gasteiger partial charge >= 0.3 is 0 Å². The van der Waals surface area contributed by atoms with Crippen molar-refractivity contribution in [3.05, 3.63) is 35.9 Å². The van der Waals surface area contributed by atoms with E-state index in [4.69, 9.17) is 10.5 Å². The largest absolute Gasteiger partial charge is 0.377 e. The summed E-state index contributed by atoms with van der Waals surface area (Å²) in [6.07, 6.45) is 2.05. The van der Waals surface area contributed by atoms with Crippen molar-refractivity contribution in [1.29, 1.82) is 0 Å². The molecule has 1 saturated heterocycles. The average molecular weight is 435 g/mol. The van der Waals surface area contributed by atoms with E-state index in [0.717, 1.165) is 50.6 Å². The number of aliphatic imine (C=N–C) groups is 1. The van der Waals surface area contributed by atoms with E-state index < -0.39 is 0 Å². The van der Waals surface area contributed by atoms with Gasteiger partial charge in [-0.25, -0.2) is 0 Å². The topological polar surface area (TPSA) is 50.9 Å². The van der Waals surface area contributed by atoms with Crippen molar-refractivity contribution >= 4 is 41.7 Å². The molecule has 1 aliphatic heterocycles. The van der Waals surface area contributed by atoms with Gasteiger partial charge in [0.25, 0.3) is 0 Å². The molecule has 0 atom stereocenters. The zero-order valence-electron chi connectivity index (χ0n) is 12.9. The van der Waals surface area contributed by atoms with Crippen LogP contribution in [0, 0.1) is 0 Å². The van der Waals surface area contributed by atoms with Crippen molar-refractivity contribution in [2.24, 2.45) is 10.7 Å². The van der Waals surface area contributed by atoms with Gasteiger partial charge in [-0.2, -0.15) is 11.8 Å². The molecule has 0 saturated carbocycles. The quantitative estimate of drug-likeness (QED) is 0.310. The number of nitrogens with two attached hydrogens (primary N) is 1. The fourth-order valence-corrected chi connectivity index (χ4v) is 3.07. The maximum absolute atomic E-state index is 6.00. The number of benzene rings is 1. The summed E-state index contributed by atoms with van der Waals surface area (Å²) in [5.74, 6) is 3.02. The molecular weight excluding hydrogens is 409 g/mol. The third-order valence-corrected chi connectivity index (χ3v) is 4.36. The molecule has 1 aromatic carbocycles. The predicted molar refractivity (Wildman–Crippen MR) is 106 cm³/mol. The van der Waals surface area contributed by atoms with Crippen molar-refractivity contribution in [1.82, 2.24) is 4.90 Å². The van der Waals surface area contributed by atoms with E-state index in [1.807, 2.05) is 30.0 Å². The maximum Gasteiger partial charge on any atom is 0.191 e. The van der Waals surface area contributed by atoms with Crippen LogP contribution in [0.1, 0.15) is 18.4 Å². The lowest BCUT2D eigenvalue weighted by atomic mass is 10.2. The highest BCUT2D eigenvalue weighted by molar-refractivity contribution is 14.0. The molecule has 2 N–H and O–H groups in total. The Morgan fingerprint density at radius 2 is 1.91 bits per heavy atom. The minimum Gasteiger partial charge on any atom is -0.377 e. The summed E-state index contributed by atoms with van der Waals surface area (Å²) in [4.78, 5) is 6.64. The monoisotopic (exact) mass is 435 g/mol. The number of unbranched alkanes of at least 4 members (excludes halogenated alkanes) is 1. The molecule has 0 amide bonds. The standard InChI is InChI=1S/C16H25N3OS.HI/c17-16(19-9-12-21-13-10-19)18-8-4-5-11-20-14-15-6-2-1-3-7-15;/h1-3,6-7H,4-5,8-14H2,(H2,17,18);1H. The molecule has 4 nitrogen and oxygen atoms in total. The Bertz CT molecular complexity index is 425. The smallest absolute Gasteiger partial charge is 0.191 e. The van der Waals surface area contributed by atoms with Gasteiger partial charge in [0, 0.05) is 37.7 Å². The van der Waals surface area contributed by atoms with Gasteiger partial charge in [0.15, 0.2) is 5.96 Å². The number of guanidine groups is 1. The SMILES string of the molecule is I.NC(=NCCCCOCc1ccccc1)N1CCSCC1. The molecular formula is C16H26IN3OS. The van der Waals surface area contributed by atoms with Crippen LogP contribution in [0.15, 0.2) is 35.3 Å². The van der Waals surface area contributed by atoms with E-state index in [2.05, 4.69) is 22.0 Å². The second-order valence-electron chi connectivity index (χ2n) is 5.08. The van der Waals surface area contributed by atoms with E-state index >= 15 is 0 Å². The molecule has 1 aliphatic rings. The summed E-state index contributed by atoms with van der Waals surface area (Å²) in [5.41, 5.74) is 7.23. The number of hydrogen-bond acceptors (Lipinski definition) is 3. The first-order chi connectivity index (χ1) is 10.4. The Labute approximate surface area is 154 Å². The average Bonchev–Trinajstić information content (AvgIpc) is 2.55. The van der Waals surface area contributed by atoms with Crippen LogP contribution < -0.4 is 5.73 Å². The first-order valence-electron chi connectivity index (χ1n) is 7.60. The van der Waals surface area contributed by atoms with E-state index in [0.29, 0.717) is 12.6 Å². The summed E-state index contributed by atoms with van der Waals surface area (Å²) in [6, 6.07) is 10.3. The van der Waals surface area contributed by atoms with E-state index in [1.54, 1.807) is 0 Å². The summed E-state index contributed by atoms with van der Waals surface area (Å²) in [5, 5.41) is 0. The zero-order valence-corrected chi connectivity index (χ0v) is 16.1. The van der Waals surface area contributed by atoms with Gasteiger partial charge in [0.05, 0.1) is 6.61 Å². The third-order valence-electron chi connectivity index (χ3n) is 3.42. The van der Waals surface area contributed by atoms with Crippen LogP contribution in [-0.4, -0.2) is 48.6 Å². The molecule has 0 spiro atoms. The highest BCUT2D eigenvalue weighted by Crippen LogP contribution is 2.08. The predicted octanol–water partition coefficient (Wildman–Crippen LogP) is 2.96. The Balaban J connectivity index is 0.00000242. The molecule has 0 radical (unpaired) electrons. The van der Waals surface area contributed by atoms with Gasteiger partial charge in [0.2, 0.25) is 0 Å². The second kappa shape index (κ2) is 12.0. The van der Waals surface area contributed by atoms with Crippen LogP contribution in [0.5, 0.6) is 0 Å². The lowest BCUT2D eigenvalue weighted by Gasteiger charge is -2.27. The van der Waals surface area contributed by atoms with Crippen molar-refractivity contribution in [3.8, 4) is 0 Å². The molecule has 0 bridgehead atoms. The first kappa shape index (κ1) is 19.6. The molecule has 0 aliphatic carbocycles. The zero-order chi connectivity index (χ0) is 14.8. The number of hydrogen-bond donors (Lipinski definition) is 1. The molecule has 0 aromatic heterocycles. The van der Waals surface area contributed by atoms with E-state index in [9.17, 15) is 0 Å². The highest BCUT2D eigenvalue weighted by Gasteiger charge is 2.11. The number of halogens is 1. The van der Waals surface area contributed by atoms with Gasteiger partial charge in [-0.3, -0.25) is 4.99 Å². The van der Waals surface area contributed by atoms with Crippen LogP contribution >= 0.6 is 35.7 Å². The number of thioether (sulfide) groups is 1. The van der Waals surface area contributed by atoms with Gasteiger partial charge in [-0.1, -0.05) is 30.3 Å². The Morgan fingerprint density at radius 3 is 2.64 bits per heavy atom. The number of ether oxygens (including phenoxy) is 1. The minimum atomic E-state index is 0. The number of rotatable bonds is 7. The molecule has 2 rings (SSSR count). The Kier molecular flexibility index (Phi) is 10.7. The van der Waals surface area contributed by atoms with Crippen LogP contribution in [-0.2, 0) is 11.3 Å². The minimum absolute atomic E-state index is 0. The Morgan fingerprint density at radius 1 is 1.18 bits per heavy atom. The molecule has 1 aromatic rings. The van der Waals surface area contributed by atoms with Crippen LogP contribution in [0.2, 0.25) is 0 Å². The van der Waals surface area contributed by atoms with Gasteiger partial charge in [-0.15, -0.1) is 24.0 Å². The summed E-state index contributed by atoms with van der Waals surface area (Å²) >= 11 is 1.98. The van der Waals surface area contributed by atoms with Gasteiger partial charge in [-0.05, 0) is 18.4 Å². The second-order valence-corrected chi connectivity index (χ2v) is 6.31. The fraction of sp³-hybridized carbons (Fsp3) is 0.562. The molecule has 1 fully saturated rings. The number of nitrogens with zero attached hydrogens (tertiary/aromatic N) is 2. The first-order valence-corrected chi connectivity index (χ1v) is 8.76. The van der Waals surface area contributed by atoms with Gasteiger partial charge in [0.1, 0.15) is 0 Å². The molecule has 1 heterocycles. The van der Waals surface area contributed by atoms with Crippen LogP contribution in [0.25, 0.3) is 0 Å². The summed E-state index contributed by atoms with van der Waals surface area (Å²) in [7, 11) is 0. The third kappa shape index (κ3) is 7.69. The lowest BCUT2D eigenvalue weighted by molar-refractivity contribution is 0.117. The molecule has 22 heavy (non-hydrogen) atoms. The summed E-state index contributed by atoms with van der Waals surface area (Å²) in [6.45, 7) is 4.33. The van der Waals surface area contributed by atoms with Crippen molar-refractivity contribution in [2.75, 3.05) is 37.7 Å². The maximum atomic E-state index is 6.00. The summed E-state index contributed by atoms with van der Waals surface area (Å²) < 4.78 is 5.65. The van der Waals surface area contributed by atoms with Crippen LogP contribution in [0.4, 0.5) is 0 Å².